The van der Waals surface area contributed by atoms with Crippen molar-refractivity contribution in [2.24, 2.45) is 5.92 Å². The summed E-state index contributed by atoms with van der Waals surface area (Å²) in [5.41, 5.74) is -1.03. The van der Waals surface area contributed by atoms with Crippen LogP contribution >= 0.6 is 0 Å². The predicted octanol–water partition coefficient (Wildman–Crippen LogP) is -0.0661. The third kappa shape index (κ3) is 4.44. The highest BCUT2D eigenvalue weighted by Gasteiger charge is 2.40. The van der Waals surface area contributed by atoms with E-state index in [1.807, 2.05) is 0 Å². The number of carbonyl (C=O) groups excluding carboxylic acids is 3. The number of hydrogen-bond acceptors (Lipinski definition) is 4. The quantitative estimate of drug-likeness (QED) is 0.672. The van der Waals surface area contributed by atoms with Gasteiger partial charge in [0.1, 0.15) is 5.54 Å². The van der Waals surface area contributed by atoms with Gasteiger partial charge in [0.05, 0.1) is 0 Å². The number of piperazine rings is 1. The van der Waals surface area contributed by atoms with Crippen LogP contribution in [0.1, 0.15) is 33.6 Å². The largest absolute Gasteiger partial charge is 0.481 e. The van der Waals surface area contributed by atoms with E-state index in [1.54, 1.807) is 20.8 Å². The van der Waals surface area contributed by atoms with Gasteiger partial charge in [-0.2, -0.15) is 0 Å². The molecule has 0 radical (unpaired) electrons. The maximum Gasteiger partial charge on any atom is 0.324 e. The maximum absolute atomic E-state index is 12.1. The summed E-state index contributed by atoms with van der Waals surface area (Å²) in [5.74, 6) is -2.19. The number of aliphatic carboxylic acids is 1. The number of imide groups is 1. The summed E-state index contributed by atoms with van der Waals surface area (Å²) in [6, 6.07) is -0.637. The van der Waals surface area contributed by atoms with Gasteiger partial charge < -0.3 is 15.3 Å². The molecule has 118 valence electrons. The monoisotopic (exact) mass is 299 g/mol. The molecular weight excluding hydrogens is 278 g/mol. The molecule has 1 saturated heterocycles. The van der Waals surface area contributed by atoms with Crippen LogP contribution in [0.25, 0.3) is 0 Å². The normalized spacial score (nSPS) is 18.6. The fourth-order valence-corrected chi connectivity index (χ4v) is 2.18. The van der Waals surface area contributed by atoms with Crippen molar-refractivity contribution in [2.75, 3.05) is 13.1 Å². The highest BCUT2D eigenvalue weighted by atomic mass is 16.4. The van der Waals surface area contributed by atoms with Crippen molar-refractivity contribution >= 4 is 23.8 Å². The van der Waals surface area contributed by atoms with Crippen molar-refractivity contribution in [3.63, 3.8) is 0 Å². The van der Waals surface area contributed by atoms with Gasteiger partial charge in [-0.3, -0.25) is 19.7 Å². The molecule has 0 saturated carbocycles. The number of rotatable bonds is 4. The van der Waals surface area contributed by atoms with E-state index in [4.69, 9.17) is 5.11 Å². The molecular formula is C13H21N3O5. The second-order valence-corrected chi connectivity index (χ2v) is 5.73. The smallest absolute Gasteiger partial charge is 0.324 e. The zero-order chi connectivity index (χ0) is 16.2. The molecule has 8 nitrogen and oxygen atoms in total. The summed E-state index contributed by atoms with van der Waals surface area (Å²) < 4.78 is 0. The van der Waals surface area contributed by atoms with Gasteiger partial charge in [0.25, 0.3) is 0 Å². The second kappa shape index (κ2) is 6.55. The van der Waals surface area contributed by atoms with E-state index in [0.717, 1.165) is 0 Å². The van der Waals surface area contributed by atoms with Crippen molar-refractivity contribution in [3.05, 3.63) is 0 Å². The van der Waals surface area contributed by atoms with Crippen LogP contribution < -0.4 is 10.6 Å². The highest BCUT2D eigenvalue weighted by molar-refractivity contribution is 5.98. The van der Waals surface area contributed by atoms with Crippen LogP contribution in [0.5, 0.6) is 0 Å². The fourth-order valence-electron chi connectivity index (χ4n) is 2.18. The molecule has 0 aromatic carbocycles. The summed E-state index contributed by atoms with van der Waals surface area (Å²) in [4.78, 5) is 47.4. The summed E-state index contributed by atoms with van der Waals surface area (Å²) in [7, 11) is 0. The van der Waals surface area contributed by atoms with Crippen LogP contribution in [0.4, 0.5) is 4.79 Å². The first-order valence-electron chi connectivity index (χ1n) is 6.76. The minimum absolute atomic E-state index is 0.0570. The molecule has 3 N–H and O–H groups in total. The van der Waals surface area contributed by atoms with Crippen LogP contribution in [-0.2, 0) is 14.4 Å². The van der Waals surface area contributed by atoms with E-state index >= 15 is 0 Å². The SMILES string of the molecule is CC(CC(=O)O)CC(=O)NC(=O)N1CCNC(=O)C1(C)C. The Hall–Kier alpha value is -2.12. The molecule has 1 aliphatic heterocycles. The van der Waals surface area contributed by atoms with Crippen LogP contribution in [-0.4, -0.2) is 52.4 Å². The van der Waals surface area contributed by atoms with E-state index < -0.39 is 23.4 Å². The number of carbonyl (C=O) groups is 4. The summed E-state index contributed by atoms with van der Waals surface area (Å²) in [6.45, 7) is 5.45. The molecule has 21 heavy (non-hydrogen) atoms. The Kier molecular flexibility index (Phi) is 5.28. The zero-order valence-corrected chi connectivity index (χ0v) is 12.4. The molecule has 0 aromatic rings. The maximum atomic E-state index is 12.1. The number of carboxylic acids is 1. The number of nitrogens with zero attached hydrogens (tertiary/aromatic N) is 1. The van der Waals surface area contributed by atoms with Gasteiger partial charge in [0, 0.05) is 25.9 Å². The average molecular weight is 299 g/mol. The Labute approximate surface area is 122 Å². The standard InChI is InChI=1S/C13H21N3O5/c1-8(7-10(18)19)6-9(17)15-12(21)16-5-4-14-11(20)13(16,2)3/h8H,4-7H2,1-3H3,(H,14,20)(H,18,19)(H,15,17,21). The lowest BCUT2D eigenvalue weighted by Crippen LogP contribution is -2.65. The minimum Gasteiger partial charge on any atom is -0.481 e. The van der Waals surface area contributed by atoms with E-state index in [2.05, 4.69) is 10.6 Å². The lowest BCUT2D eigenvalue weighted by atomic mass is 9.99. The van der Waals surface area contributed by atoms with Gasteiger partial charge >= 0.3 is 12.0 Å². The number of nitrogens with one attached hydrogen (secondary N) is 2. The molecule has 1 atom stereocenters. The predicted molar refractivity (Wildman–Crippen MR) is 73.4 cm³/mol. The third-order valence-corrected chi connectivity index (χ3v) is 3.40. The van der Waals surface area contributed by atoms with Gasteiger partial charge in [-0.1, -0.05) is 6.92 Å². The number of amides is 4. The molecule has 1 rings (SSSR count). The molecule has 1 fully saturated rings. The Morgan fingerprint density at radius 2 is 2.00 bits per heavy atom. The van der Waals surface area contributed by atoms with Crippen molar-refractivity contribution in [2.45, 2.75) is 39.2 Å². The first kappa shape index (κ1) is 16.9. The Bertz CT molecular complexity index is 461. The number of carboxylic acid groups (broad SMARTS) is 1. The van der Waals surface area contributed by atoms with Gasteiger partial charge in [-0.25, -0.2) is 4.79 Å². The lowest BCUT2D eigenvalue weighted by Gasteiger charge is -2.40. The van der Waals surface area contributed by atoms with Crippen LogP contribution in [0, 0.1) is 5.92 Å². The van der Waals surface area contributed by atoms with Gasteiger partial charge in [-0.05, 0) is 19.8 Å². The lowest BCUT2D eigenvalue weighted by molar-refractivity contribution is -0.138. The molecule has 4 amide bonds. The van der Waals surface area contributed by atoms with E-state index in [-0.39, 0.29) is 24.7 Å². The molecule has 1 heterocycles. The highest BCUT2D eigenvalue weighted by Crippen LogP contribution is 2.17. The van der Waals surface area contributed by atoms with Gasteiger partial charge in [0.15, 0.2) is 0 Å². The zero-order valence-electron chi connectivity index (χ0n) is 12.4. The van der Waals surface area contributed by atoms with Gasteiger partial charge in [-0.15, -0.1) is 0 Å². The summed E-state index contributed by atoms with van der Waals surface area (Å²) >= 11 is 0. The van der Waals surface area contributed by atoms with Crippen molar-refractivity contribution in [1.29, 1.82) is 0 Å². The Balaban J connectivity index is 2.58. The van der Waals surface area contributed by atoms with Crippen LogP contribution in [0.15, 0.2) is 0 Å². The Morgan fingerprint density at radius 3 is 2.57 bits per heavy atom. The number of hydrogen-bond donors (Lipinski definition) is 3. The van der Waals surface area contributed by atoms with Gasteiger partial charge in [0.2, 0.25) is 11.8 Å². The first-order chi connectivity index (χ1) is 9.64. The molecule has 8 heteroatoms. The van der Waals surface area contributed by atoms with Crippen LogP contribution in [0.3, 0.4) is 0 Å². The first-order valence-corrected chi connectivity index (χ1v) is 6.76. The van der Waals surface area contributed by atoms with E-state index in [1.165, 1.54) is 4.90 Å². The minimum atomic E-state index is -1.03. The van der Waals surface area contributed by atoms with Crippen molar-refractivity contribution in [1.82, 2.24) is 15.5 Å². The molecule has 1 unspecified atom stereocenters. The van der Waals surface area contributed by atoms with E-state index in [9.17, 15) is 19.2 Å². The number of urea groups is 1. The molecule has 0 bridgehead atoms. The van der Waals surface area contributed by atoms with Crippen LogP contribution in [0.2, 0.25) is 0 Å². The second-order valence-electron chi connectivity index (χ2n) is 5.73. The third-order valence-electron chi connectivity index (χ3n) is 3.40. The fraction of sp³-hybridized carbons (Fsp3) is 0.692. The van der Waals surface area contributed by atoms with Crippen molar-refractivity contribution in [3.8, 4) is 0 Å². The molecule has 0 aromatic heterocycles. The summed E-state index contributed by atoms with van der Waals surface area (Å²) in [5, 5.41) is 13.5. The molecule has 0 aliphatic carbocycles. The van der Waals surface area contributed by atoms with E-state index in [0.29, 0.717) is 13.1 Å². The summed E-state index contributed by atoms with van der Waals surface area (Å²) in [6.07, 6.45) is -0.197. The molecule has 0 spiro atoms. The average Bonchev–Trinajstić information content (AvgIpc) is 2.30. The molecule has 1 aliphatic rings. The Morgan fingerprint density at radius 1 is 1.38 bits per heavy atom. The topological polar surface area (TPSA) is 116 Å². The van der Waals surface area contributed by atoms with Crippen molar-refractivity contribution < 1.29 is 24.3 Å².